The smallest absolute Gasteiger partial charge is 0.128 e. The highest BCUT2D eigenvalue weighted by atomic mass is 15.3. The van der Waals surface area contributed by atoms with E-state index < -0.39 is 0 Å². The number of aromatic nitrogens is 1. The van der Waals surface area contributed by atoms with Crippen molar-refractivity contribution in [3.8, 4) is 0 Å². The number of nitrogens with one attached hydrogen (secondary N) is 1. The second kappa shape index (κ2) is 5.02. The molecule has 0 aromatic carbocycles. The number of hydrogen-bond donors (Lipinski definition) is 2. The van der Waals surface area contributed by atoms with E-state index in [1.54, 1.807) is 0 Å². The van der Waals surface area contributed by atoms with Gasteiger partial charge in [0, 0.05) is 31.2 Å². The maximum atomic E-state index is 5.87. The third-order valence-corrected chi connectivity index (χ3v) is 3.10. The SMILES string of the molecule is CC(N)c1cccc(N2C[C@@H](C)N[C@@H](C)C2)n1. The minimum absolute atomic E-state index is 0.00675. The lowest BCUT2D eigenvalue weighted by molar-refractivity contribution is 0.405. The van der Waals surface area contributed by atoms with Crippen molar-refractivity contribution in [3.63, 3.8) is 0 Å². The number of piperazine rings is 1. The van der Waals surface area contributed by atoms with Crippen LogP contribution >= 0.6 is 0 Å². The van der Waals surface area contributed by atoms with Crippen LogP contribution in [0.4, 0.5) is 5.82 Å². The molecule has 0 aliphatic carbocycles. The normalized spacial score (nSPS) is 26.9. The minimum atomic E-state index is -0.00675. The third-order valence-electron chi connectivity index (χ3n) is 3.10. The monoisotopic (exact) mass is 234 g/mol. The van der Waals surface area contributed by atoms with E-state index in [-0.39, 0.29) is 6.04 Å². The molecule has 1 unspecified atom stereocenters. The molecule has 1 aliphatic heterocycles. The average Bonchev–Trinajstić information content (AvgIpc) is 2.28. The van der Waals surface area contributed by atoms with E-state index in [0.29, 0.717) is 12.1 Å². The number of pyridine rings is 1. The van der Waals surface area contributed by atoms with Crippen LogP contribution in [0.3, 0.4) is 0 Å². The minimum Gasteiger partial charge on any atom is -0.354 e. The first-order valence-corrected chi connectivity index (χ1v) is 6.30. The van der Waals surface area contributed by atoms with Gasteiger partial charge in [0.05, 0.1) is 5.69 Å². The molecule has 1 fully saturated rings. The van der Waals surface area contributed by atoms with Crippen molar-refractivity contribution >= 4 is 5.82 Å². The standard InChI is InChI=1S/C13H22N4/c1-9-7-17(8-10(2)15-9)13-6-4-5-12(16-13)11(3)14/h4-6,9-11,15H,7-8,14H2,1-3H3/t9-,10+,11?. The van der Waals surface area contributed by atoms with E-state index in [2.05, 4.69) is 35.1 Å². The van der Waals surface area contributed by atoms with Gasteiger partial charge < -0.3 is 16.0 Å². The van der Waals surface area contributed by atoms with E-state index >= 15 is 0 Å². The van der Waals surface area contributed by atoms with Crippen molar-refractivity contribution in [1.82, 2.24) is 10.3 Å². The lowest BCUT2D eigenvalue weighted by Crippen LogP contribution is -2.54. The second-order valence-electron chi connectivity index (χ2n) is 5.08. The Morgan fingerprint density at radius 2 is 2.00 bits per heavy atom. The van der Waals surface area contributed by atoms with Crippen LogP contribution in [0.15, 0.2) is 18.2 Å². The molecule has 4 nitrogen and oxygen atoms in total. The van der Waals surface area contributed by atoms with E-state index in [4.69, 9.17) is 5.73 Å². The largest absolute Gasteiger partial charge is 0.354 e. The van der Waals surface area contributed by atoms with Crippen molar-refractivity contribution in [2.75, 3.05) is 18.0 Å². The summed E-state index contributed by atoms with van der Waals surface area (Å²) in [7, 11) is 0. The number of hydrogen-bond acceptors (Lipinski definition) is 4. The van der Waals surface area contributed by atoms with Gasteiger partial charge in [-0.2, -0.15) is 0 Å². The predicted octanol–water partition coefficient (Wildman–Crippen LogP) is 1.29. The van der Waals surface area contributed by atoms with Crippen LogP contribution in [0.5, 0.6) is 0 Å². The molecule has 0 radical (unpaired) electrons. The Morgan fingerprint density at radius 3 is 2.59 bits per heavy atom. The maximum absolute atomic E-state index is 5.87. The summed E-state index contributed by atoms with van der Waals surface area (Å²) in [5.41, 5.74) is 6.83. The van der Waals surface area contributed by atoms with Crippen LogP contribution in [-0.4, -0.2) is 30.2 Å². The maximum Gasteiger partial charge on any atom is 0.128 e. The van der Waals surface area contributed by atoms with Gasteiger partial charge in [-0.05, 0) is 32.9 Å². The highest BCUT2D eigenvalue weighted by Gasteiger charge is 2.22. The summed E-state index contributed by atoms with van der Waals surface area (Å²) in [6, 6.07) is 7.09. The molecule has 1 aromatic heterocycles. The van der Waals surface area contributed by atoms with Crippen LogP contribution in [0.2, 0.25) is 0 Å². The summed E-state index contributed by atoms with van der Waals surface area (Å²) in [4.78, 5) is 6.97. The summed E-state index contributed by atoms with van der Waals surface area (Å²) >= 11 is 0. The zero-order valence-electron chi connectivity index (χ0n) is 10.9. The van der Waals surface area contributed by atoms with Crippen LogP contribution in [0, 0.1) is 0 Å². The molecule has 3 atom stereocenters. The number of anilines is 1. The van der Waals surface area contributed by atoms with Gasteiger partial charge in [-0.15, -0.1) is 0 Å². The first-order valence-electron chi connectivity index (χ1n) is 6.30. The van der Waals surface area contributed by atoms with Gasteiger partial charge in [0.2, 0.25) is 0 Å². The molecule has 94 valence electrons. The molecule has 0 bridgehead atoms. The van der Waals surface area contributed by atoms with Gasteiger partial charge in [-0.1, -0.05) is 6.07 Å². The van der Waals surface area contributed by atoms with Crippen molar-refractivity contribution in [3.05, 3.63) is 23.9 Å². The molecule has 3 N–H and O–H groups in total. The molecule has 0 saturated carbocycles. The Kier molecular flexibility index (Phi) is 3.64. The van der Waals surface area contributed by atoms with Crippen LogP contribution < -0.4 is 16.0 Å². The average molecular weight is 234 g/mol. The van der Waals surface area contributed by atoms with Gasteiger partial charge in [0.25, 0.3) is 0 Å². The number of nitrogens with zero attached hydrogens (tertiary/aromatic N) is 2. The van der Waals surface area contributed by atoms with Gasteiger partial charge in [0.1, 0.15) is 5.82 Å². The number of nitrogens with two attached hydrogens (primary N) is 1. The van der Waals surface area contributed by atoms with E-state index in [1.807, 2.05) is 19.1 Å². The topological polar surface area (TPSA) is 54.2 Å². The molecule has 4 heteroatoms. The summed E-state index contributed by atoms with van der Waals surface area (Å²) < 4.78 is 0. The Morgan fingerprint density at radius 1 is 1.35 bits per heavy atom. The number of rotatable bonds is 2. The molecule has 2 heterocycles. The fourth-order valence-electron chi connectivity index (χ4n) is 2.38. The zero-order chi connectivity index (χ0) is 12.4. The van der Waals surface area contributed by atoms with Crippen molar-refractivity contribution in [2.24, 2.45) is 5.73 Å². The van der Waals surface area contributed by atoms with Crippen molar-refractivity contribution in [2.45, 2.75) is 38.9 Å². The molecule has 0 amide bonds. The molecular formula is C13H22N4. The van der Waals surface area contributed by atoms with Crippen LogP contribution in [-0.2, 0) is 0 Å². The van der Waals surface area contributed by atoms with E-state index in [9.17, 15) is 0 Å². The van der Waals surface area contributed by atoms with Crippen LogP contribution in [0.25, 0.3) is 0 Å². The highest BCUT2D eigenvalue weighted by molar-refractivity contribution is 5.41. The molecule has 0 spiro atoms. The quantitative estimate of drug-likeness (QED) is 0.809. The van der Waals surface area contributed by atoms with E-state index in [0.717, 1.165) is 24.6 Å². The predicted molar refractivity (Wildman–Crippen MR) is 71.1 cm³/mol. The molecule has 2 rings (SSSR count). The second-order valence-corrected chi connectivity index (χ2v) is 5.08. The Labute approximate surface area is 103 Å². The molecule has 17 heavy (non-hydrogen) atoms. The zero-order valence-corrected chi connectivity index (χ0v) is 10.9. The fraction of sp³-hybridized carbons (Fsp3) is 0.615. The Bertz CT molecular complexity index is 367. The lowest BCUT2D eigenvalue weighted by atomic mass is 10.1. The fourth-order valence-corrected chi connectivity index (χ4v) is 2.38. The van der Waals surface area contributed by atoms with Gasteiger partial charge in [-0.3, -0.25) is 0 Å². The molecule has 1 aromatic rings. The summed E-state index contributed by atoms with van der Waals surface area (Å²) in [6.45, 7) is 8.38. The Hall–Kier alpha value is -1.13. The van der Waals surface area contributed by atoms with Crippen LogP contribution in [0.1, 0.15) is 32.5 Å². The Balaban J connectivity index is 2.18. The van der Waals surface area contributed by atoms with E-state index in [1.165, 1.54) is 0 Å². The van der Waals surface area contributed by atoms with Gasteiger partial charge in [0.15, 0.2) is 0 Å². The molecule has 1 aliphatic rings. The lowest BCUT2D eigenvalue weighted by Gasteiger charge is -2.37. The molecule has 1 saturated heterocycles. The van der Waals surface area contributed by atoms with Crippen molar-refractivity contribution in [1.29, 1.82) is 0 Å². The third kappa shape index (κ3) is 2.96. The summed E-state index contributed by atoms with van der Waals surface area (Å²) in [5.74, 6) is 1.04. The highest BCUT2D eigenvalue weighted by Crippen LogP contribution is 2.17. The van der Waals surface area contributed by atoms with Gasteiger partial charge in [-0.25, -0.2) is 4.98 Å². The van der Waals surface area contributed by atoms with Gasteiger partial charge >= 0.3 is 0 Å². The molecular weight excluding hydrogens is 212 g/mol. The first-order chi connectivity index (χ1) is 8.06. The summed E-state index contributed by atoms with van der Waals surface area (Å²) in [6.07, 6.45) is 0. The summed E-state index contributed by atoms with van der Waals surface area (Å²) in [5, 5.41) is 3.52. The first kappa shape index (κ1) is 12.3. The van der Waals surface area contributed by atoms with Crippen molar-refractivity contribution < 1.29 is 0 Å².